The Labute approximate surface area is 169 Å². The summed E-state index contributed by atoms with van der Waals surface area (Å²) in [6.07, 6.45) is 1.45. The van der Waals surface area contributed by atoms with Crippen molar-refractivity contribution >= 4 is 5.91 Å². The second-order valence-electron chi connectivity index (χ2n) is 7.66. The number of aryl methyl sites for hydroxylation is 1. The average molecular weight is 384 g/mol. The van der Waals surface area contributed by atoms with E-state index in [2.05, 4.69) is 31.3 Å². The summed E-state index contributed by atoms with van der Waals surface area (Å²) < 4.78 is 11.6. The van der Waals surface area contributed by atoms with Gasteiger partial charge in [-0.1, -0.05) is 44.2 Å². The predicted molar refractivity (Wildman–Crippen MR) is 114 cm³/mol. The summed E-state index contributed by atoms with van der Waals surface area (Å²) in [5.74, 6) is 1.94. The number of hydrogen-bond acceptors (Lipinski definition) is 3. The Morgan fingerprint density at radius 2 is 1.61 bits per heavy atom. The Hall–Kier alpha value is -2.49. The zero-order valence-corrected chi connectivity index (χ0v) is 17.7. The van der Waals surface area contributed by atoms with Crippen LogP contribution in [0.25, 0.3) is 0 Å². The lowest BCUT2D eigenvalue weighted by Gasteiger charge is -2.18. The summed E-state index contributed by atoms with van der Waals surface area (Å²) in [5.41, 5.74) is 2.35. The number of nitrogens with one attached hydrogen (secondary N) is 1. The van der Waals surface area contributed by atoms with Crippen LogP contribution in [0.5, 0.6) is 11.5 Å². The van der Waals surface area contributed by atoms with Crippen molar-refractivity contribution in [3.8, 4) is 11.5 Å². The standard InChI is InChI=1S/C24H33NO3/c1-17(2)22-10-6-7-11-23(22)28-19(5)24(26)25-16-8-9-20-12-14-21(15-13-20)27-18(3)4/h6-7,10-15,17-19H,8-9,16H2,1-5H3,(H,25,26)/t19-/m1/s1. The van der Waals surface area contributed by atoms with Crippen molar-refractivity contribution in [3.05, 3.63) is 59.7 Å². The van der Waals surface area contributed by atoms with Gasteiger partial charge in [0.25, 0.3) is 5.91 Å². The minimum atomic E-state index is -0.521. The fourth-order valence-electron chi connectivity index (χ4n) is 2.96. The molecule has 0 fully saturated rings. The Bertz CT molecular complexity index is 738. The summed E-state index contributed by atoms with van der Waals surface area (Å²) in [4.78, 5) is 12.3. The van der Waals surface area contributed by atoms with Crippen LogP contribution < -0.4 is 14.8 Å². The molecule has 28 heavy (non-hydrogen) atoms. The third kappa shape index (κ3) is 6.91. The average Bonchev–Trinajstić information content (AvgIpc) is 2.66. The van der Waals surface area contributed by atoms with Gasteiger partial charge in [-0.05, 0) is 68.9 Å². The lowest BCUT2D eigenvalue weighted by atomic mass is 10.0. The van der Waals surface area contributed by atoms with E-state index >= 15 is 0 Å². The molecule has 0 aromatic heterocycles. The Morgan fingerprint density at radius 3 is 2.25 bits per heavy atom. The fourth-order valence-corrected chi connectivity index (χ4v) is 2.96. The molecule has 4 heteroatoms. The number of carbonyl (C=O) groups excluding carboxylic acids is 1. The maximum atomic E-state index is 12.3. The molecule has 152 valence electrons. The molecule has 1 N–H and O–H groups in total. The van der Waals surface area contributed by atoms with Gasteiger partial charge in [0.1, 0.15) is 11.5 Å². The highest BCUT2D eigenvalue weighted by molar-refractivity contribution is 5.80. The third-order valence-electron chi connectivity index (χ3n) is 4.45. The number of amides is 1. The molecule has 0 saturated heterocycles. The van der Waals surface area contributed by atoms with E-state index in [4.69, 9.17) is 9.47 Å². The van der Waals surface area contributed by atoms with Crippen molar-refractivity contribution in [3.63, 3.8) is 0 Å². The summed E-state index contributed by atoms with van der Waals surface area (Å²) in [5, 5.41) is 2.97. The topological polar surface area (TPSA) is 47.6 Å². The lowest BCUT2D eigenvalue weighted by molar-refractivity contribution is -0.127. The van der Waals surface area contributed by atoms with Crippen LogP contribution in [0.3, 0.4) is 0 Å². The Balaban J connectivity index is 1.75. The normalized spacial score (nSPS) is 12.1. The van der Waals surface area contributed by atoms with Crippen LogP contribution in [-0.4, -0.2) is 24.7 Å². The van der Waals surface area contributed by atoms with E-state index in [0.717, 1.165) is 29.9 Å². The van der Waals surface area contributed by atoms with E-state index in [1.165, 1.54) is 5.56 Å². The molecule has 0 aliphatic heterocycles. The van der Waals surface area contributed by atoms with E-state index in [9.17, 15) is 4.79 Å². The van der Waals surface area contributed by atoms with Crippen molar-refractivity contribution in [1.82, 2.24) is 5.32 Å². The first-order valence-electron chi connectivity index (χ1n) is 10.2. The molecule has 0 spiro atoms. The number of benzene rings is 2. The number of hydrogen-bond donors (Lipinski definition) is 1. The molecule has 2 aromatic carbocycles. The highest BCUT2D eigenvalue weighted by atomic mass is 16.5. The smallest absolute Gasteiger partial charge is 0.260 e. The fraction of sp³-hybridized carbons (Fsp3) is 0.458. The van der Waals surface area contributed by atoms with Crippen molar-refractivity contribution in [2.75, 3.05) is 6.54 Å². The molecular formula is C24H33NO3. The van der Waals surface area contributed by atoms with Gasteiger partial charge in [-0.15, -0.1) is 0 Å². The minimum absolute atomic E-state index is 0.0840. The second-order valence-corrected chi connectivity index (χ2v) is 7.66. The van der Waals surface area contributed by atoms with Crippen LogP contribution in [0.15, 0.2) is 48.5 Å². The van der Waals surface area contributed by atoms with Gasteiger partial charge < -0.3 is 14.8 Å². The second kappa shape index (κ2) is 10.7. The molecule has 2 aromatic rings. The minimum Gasteiger partial charge on any atom is -0.491 e. The summed E-state index contributed by atoms with van der Waals surface area (Å²) in [6.45, 7) is 10.7. The van der Waals surface area contributed by atoms with E-state index in [1.54, 1.807) is 6.92 Å². The maximum absolute atomic E-state index is 12.3. The van der Waals surface area contributed by atoms with Crippen LogP contribution in [0.2, 0.25) is 0 Å². The summed E-state index contributed by atoms with van der Waals surface area (Å²) >= 11 is 0. The van der Waals surface area contributed by atoms with Crippen molar-refractivity contribution in [2.24, 2.45) is 0 Å². The first kappa shape index (κ1) is 21.8. The van der Waals surface area contributed by atoms with E-state index in [0.29, 0.717) is 12.5 Å². The van der Waals surface area contributed by atoms with Crippen molar-refractivity contribution in [1.29, 1.82) is 0 Å². The lowest BCUT2D eigenvalue weighted by Crippen LogP contribution is -2.37. The molecule has 0 heterocycles. The van der Waals surface area contributed by atoms with Gasteiger partial charge in [-0.2, -0.15) is 0 Å². The Kier molecular flexibility index (Phi) is 8.37. The van der Waals surface area contributed by atoms with E-state index < -0.39 is 6.10 Å². The predicted octanol–water partition coefficient (Wildman–Crippen LogP) is 5.11. The number of ether oxygens (including phenoxy) is 2. The molecular weight excluding hydrogens is 350 g/mol. The largest absolute Gasteiger partial charge is 0.491 e. The first-order chi connectivity index (χ1) is 13.4. The summed E-state index contributed by atoms with van der Waals surface area (Å²) in [7, 11) is 0. The van der Waals surface area contributed by atoms with Crippen LogP contribution in [0.1, 0.15) is 58.1 Å². The molecule has 0 saturated carbocycles. The molecule has 0 radical (unpaired) electrons. The number of carbonyl (C=O) groups is 1. The van der Waals surface area contributed by atoms with Gasteiger partial charge in [-0.3, -0.25) is 4.79 Å². The molecule has 0 bridgehead atoms. The van der Waals surface area contributed by atoms with E-state index in [-0.39, 0.29) is 12.0 Å². The van der Waals surface area contributed by atoms with Crippen molar-refractivity contribution in [2.45, 2.75) is 65.6 Å². The maximum Gasteiger partial charge on any atom is 0.260 e. The first-order valence-corrected chi connectivity index (χ1v) is 10.2. The van der Waals surface area contributed by atoms with Crippen LogP contribution >= 0.6 is 0 Å². The van der Waals surface area contributed by atoms with Crippen molar-refractivity contribution < 1.29 is 14.3 Å². The summed E-state index contributed by atoms with van der Waals surface area (Å²) in [6, 6.07) is 16.0. The molecule has 0 unspecified atom stereocenters. The van der Waals surface area contributed by atoms with Crippen LogP contribution in [0, 0.1) is 0 Å². The Morgan fingerprint density at radius 1 is 0.929 bits per heavy atom. The number of para-hydroxylation sites is 1. The van der Waals surface area contributed by atoms with Gasteiger partial charge in [0, 0.05) is 6.54 Å². The van der Waals surface area contributed by atoms with Gasteiger partial charge >= 0.3 is 0 Å². The molecule has 2 rings (SSSR count). The highest BCUT2D eigenvalue weighted by Gasteiger charge is 2.16. The number of rotatable bonds is 10. The zero-order chi connectivity index (χ0) is 20.5. The molecule has 1 amide bonds. The molecule has 4 nitrogen and oxygen atoms in total. The van der Waals surface area contributed by atoms with E-state index in [1.807, 2.05) is 50.2 Å². The molecule has 0 aliphatic rings. The van der Waals surface area contributed by atoms with Gasteiger partial charge in [0.05, 0.1) is 6.10 Å². The van der Waals surface area contributed by atoms with Gasteiger partial charge in [0.15, 0.2) is 6.10 Å². The monoisotopic (exact) mass is 383 g/mol. The van der Waals surface area contributed by atoms with Gasteiger partial charge in [-0.25, -0.2) is 0 Å². The highest BCUT2D eigenvalue weighted by Crippen LogP contribution is 2.26. The quantitative estimate of drug-likeness (QED) is 0.580. The van der Waals surface area contributed by atoms with Gasteiger partial charge in [0.2, 0.25) is 0 Å². The third-order valence-corrected chi connectivity index (χ3v) is 4.45. The van der Waals surface area contributed by atoms with Crippen LogP contribution in [0.4, 0.5) is 0 Å². The molecule has 1 atom stereocenters. The molecule has 0 aliphatic carbocycles. The zero-order valence-electron chi connectivity index (χ0n) is 17.7. The SMILES string of the molecule is CC(C)Oc1ccc(CCCNC(=O)[C@@H](C)Oc2ccccc2C(C)C)cc1. The van der Waals surface area contributed by atoms with Crippen LogP contribution in [-0.2, 0) is 11.2 Å².